The van der Waals surface area contributed by atoms with Crippen molar-refractivity contribution in [3.05, 3.63) is 65.7 Å². The number of amides is 1. The number of hydrogen-bond acceptors (Lipinski definition) is 3. The summed E-state index contributed by atoms with van der Waals surface area (Å²) in [5.41, 5.74) is 7.47. The topological polar surface area (TPSA) is 75.3 Å². The van der Waals surface area contributed by atoms with Crippen molar-refractivity contribution in [1.82, 2.24) is 5.32 Å². The van der Waals surface area contributed by atoms with Gasteiger partial charge >= 0.3 is 0 Å². The number of aromatic hydroxyl groups is 1. The highest BCUT2D eigenvalue weighted by molar-refractivity contribution is 5.79. The van der Waals surface area contributed by atoms with Crippen molar-refractivity contribution in [2.75, 3.05) is 6.54 Å². The summed E-state index contributed by atoms with van der Waals surface area (Å²) in [5.74, 6) is 0.0450. The van der Waals surface area contributed by atoms with Crippen molar-refractivity contribution < 1.29 is 9.90 Å². The van der Waals surface area contributed by atoms with Gasteiger partial charge in [-0.15, -0.1) is 0 Å². The van der Waals surface area contributed by atoms with Gasteiger partial charge in [0, 0.05) is 6.54 Å². The van der Waals surface area contributed by atoms with Gasteiger partial charge in [-0.2, -0.15) is 0 Å². The second-order valence-corrected chi connectivity index (χ2v) is 4.61. The van der Waals surface area contributed by atoms with Crippen molar-refractivity contribution in [3.63, 3.8) is 0 Å². The molecule has 4 nitrogen and oxygen atoms in total. The summed E-state index contributed by atoms with van der Waals surface area (Å²) >= 11 is 0. The fourth-order valence-corrected chi connectivity index (χ4v) is 2.06. The van der Waals surface area contributed by atoms with Crippen LogP contribution in [0, 0.1) is 0 Å². The van der Waals surface area contributed by atoms with Crippen molar-refractivity contribution in [1.29, 1.82) is 0 Å². The Kier molecular flexibility index (Phi) is 4.74. The Hall–Kier alpha value is -2.33. The van der Waals surface area contributed by atoms with Crippen LogP contribution in [-0.4, -0.2) is 17.6 Å². The number of hydrogen-bond donors (Lipinski definition) is 3. The van der Waals surface area contributed by atoms with E-state index in [1.165, 1.54) is 0 Å². The normalized spacial score (nSPS) is 11.8. The zero-order chi connectivity index (χ0) is 14.4. The van der Waals surface area contributed by atoms with Gasteiger partial charge in [0.15, 0.2) is 0 Å². The Morgan fingerprint density at radius 1 is 1.15 bits per heavy atom. The Bertz CT molecular complexity index is 570. The average Bonchev–Trinajstić information content (AvgIpc) is 2.45. The molecule has 4 heteroatoms. The number of phenolic OH excluding ortho intramolecular Hbond substituents is 1. The van der Waals surface area contributed by atoms with Crippen LogP contribution >= 0.6 is 0 Å². The Balaban J connectivity index is 2.00. The van der Waals surface area contributed by atoms with Crippen LogP contribution in [0.3, 0.4) is 0 Å². The number of phenols is 1. The first-order valence-corrected chi connectivity index (χ1v) is 6.51. The summed E-state index contributed by atoms with van der Waals surface area (Å²) in [4.78, 5) is 12.0. The maximum absolute atomic E-state index is 12.0. The lowest BCUT2D eigenvalue weighted by molar-refractivity contribution is -0.121. The Morgan fingerprint density at radius 2 is 1.90 bits per heavy atom. The van der Waals surface area contributed by atoms with Gasteiger partial charge in [-0.05, 0) is 23.3 Å². The highest BCUT2D eigenvalue weighted by Crippen LogP contribution is 2.13. The van der Waals surface area contributed by atoms with Crippen LogP contribution in [0.25, 0.3) is 0 Å². The molecule has 20 heavy (non-hydrogen) atoms. The van der Waals surface area contributed by atoms with Crippen LogP contribution < -0.4 is 11.1 Å². The molecule has 0 bridgehead atoms. The Labute approximate surface area is 118 Å². The van der Waals surface area contributed by atoms with Crippen LogP contribution in [-0.2, 0) is 11.2 Å². The van der Waals surface area contributed by atoms with E-state index in [4.69, 9.17) is 5.73 Å². The number of rotatable bonds is 5. The minimum atomic E-state index is -0.194. The maximum atomic E-state index is 12.0. The van der Waals surface area contributed by atoms with E-state index >= 15 is 0 Å². The van der Waals surface area contributed by atoms with Gasteiger partial charge in [0.25, 0.3) is 0 Å². The summed E-state index contributed by atoms with van der Waals surface area (Å²) in [7, 11) is 0. The maximum Gasteiger partial charge on any atom is 0.224 e. The summed E-state index contributed by atoms with van der Waals surface area (Å²) in [6, 6.07) is 16.1. The number of nitrogens with two attached hydrogens (primary N) is 1. The summed E-state index contributed by atoms with van der Waals surface area (Å²) < 4.78 is 0. The van der Waals surface area contributed by atoms with E-state index in [0.717, 1.165) is 11.1 Å². The number of benzene rings is 2. The van der Waals surface area contributed by atoms with Crippen LogP contribution in [0.5, 0.6) is 5.75 Å². The quantitative estimate of drug-likeness (QED) is 0.774. The molecule has 4 N–H and O–H groups in total. The molecule has 0 heterocycles. The standard InChI is InChI=1S/C16H18N2O2/c17-11-15(13-6-2-1-3-7-13)18-16(20)10-12-5-4-8-14(19)9-12/h1-9,15,19H,10-11,17H2,(H,18,20). The van der Waals surface area contributed by atoms with Crippen LogP contribution in [0.4, 0.5) is 0 Å². The number of carbonyl (C=O) groups is 1. The lowest BCUT2D eigenvalue weighted by atomic mass is 10.1. The SMILES string of the molecule is NCC(NC(=O)Cc1cccc(O)c1)c1ccccc1. The van der Waals surface area contributed by atoms with Gasteiger partial charge in [-0.1, -0.05) is 42.5 Å². The molecule has 1 unspecified atom stereocenters. The fraction of sp³-hybridized carbons (Fsp3) is 0.188. The number of carbonyl (C=O) groups excluding carboxylic acids is 1. The predicted octanol–water partition coefficient (Wildman–Crippen LogP) is 1.75. The van der Waals surface area contributed by atoms with E-state index < -0.39 is 0 Å². The third kappa shape index (κ3) is 3.83. The Morgan fingerprint density at radius 3 is 2.55 bits per heavy atom. The fourth-order valence-electron chi connectivity index (χ4n) is 2.06. The van der Waals surface area contributed by atoms with E-state index in [1.54, 1.807) is 24.3 Å². The molecule has 0 aromatic heterocycles. The largest absolute Gasteiger partial charge is 0.508 e. The van der Waals surface area contributed by atoms with Crippen molar-refractivity contribution in [2.45, 2.75) is 12.5 Å². The van der Waals surface area contributed by atoms with Gasteiger partial charge in [0.2, 0.25) is 5.91 Å². The summed E-state index contributed by atoms with van der Waals surface area (Å²) in [5, 5.41) is 12.3. The third-order valence-corrected chi connectivity index (χ3v) is 3.05. The van der Waals surface area contributed by atoms with E-state index in [1.807, 2.05) is 30.3 Å². The predicted molar refractivity (Wildman–Crippen MR) is 78.2 cm³/mol. The van der Waals surface area contributed by atoms with Crippen LogP contribution in [0.1, 0.15) is 17.2 Å². The molecule has 0 aliphatic carbocycles. The third-order valence-electron chi connectivity index (χ3n) is 3.05. The summed E-state index contributed by atoms with van der Waals surface area (Å²) in [6.07, 6.45) is 0.220. The van der Waals surface area contributed by atoms with E-state index in [2.05, 4.69) is 5.32 Å². The van der Waals surface area contributed by atoms with Gasteiger partial charge in [0.1, 0.15) is 5.75 Å². The van der Waals surface area contributed by atoms with E-state index in [9.17, 15) is 9.90 Å². The molecule has 0 saturated heterocycles. The molecule has 0 spiro atoms. The molecular weight excluding hydrogens is 252 g/mol. The number of nitrogens with one attached hydrogen (secondary N) is 1. The second-order valence-electron chi connectivity index (χ2n) is 4.61. The summed E-state index contributed by atoms with van der Waals surface area (Å²) in [6.45, 7) is 0.343. The first-order chi connectivity index (χ1) is 9.69. The van der Waals surface area contributed by atoms with Crippen molar-refractivity contribution in [2.24, 2.45) is 5.73 Å². The van der Waals surface area contributed by atoms with Crippen molar-refractivity contribution in [3.8, 4) is 5.75 Å². The molecule has 0 radical (unpaired) electrons. The molecular formula is C16H18N2O2. The van der Waals surface area contributed by atoms with Gasteiger partial charge in [0.05, 0.1) is 12.5 Å². The van der Waals surface area contributed by atoms with Gasteiger partial charge < -0.3 is 16.2 Å². The molecule has 104 valence electrons. The lowest BCUT2D eigenvalue weighted by Crippen LogP contribution is -2.34. The second kappa shape index (κ2) is 6.73. The molecule has 2 aromatic rings. The minimum Gasteiger partial charge on any atom is -0.508 e. The molecule has 0 fully saturated rings. The first kappa shape index (κ1) is 14.1. The molecule has 1 amide bonds. The van der Waals surface area contributed by atoms with Crippen LogP contribution in [0.15, 0.2) is 54.6 Å². The molecule has 0 aliphatic heterocycles. The highest BCUT2D eigenvalue weighted by Gasteiger charge is 2.13. The molecule has 0 aliphatic rings. The molecule has 2 aromatic carbocycles. The van der Waals surface area contributed by atoms with E-state index in [-0.39, 0.29) is 24.1 Å². The van der Waals surface area contributed by atoms with Gasteiger partial charge in [-0.25, -0.2) is 0 Å². The smallest absolute Gasteiger partial charge is 0.224 e. The van der Waals surface area contributed by atoms with E-state index in [0.29, 0.717) is 6.54 Å². The van der Waals surface area contributed by atoms with Crippen LogP contribution in [0.2, 0.25) is 0 Å². The first-order valence-electron chi connectivity index (χ1n) is 6.51. The molecule has 1 atom stereocenters. The zero-order valence-corrected chi connectivity index (χ0v) is 11.1. The van der Waals surface area contributed by atoms with Crippen molar-refractivity contribution >= 4 is 5.91 Å². The van der Waals surface area contributed by atoms with Gasteiger partial charge in [-0.3, -0.25) is 4.79 Å². The lowest BCUT2D eigenvalue weighted by Gasteiger charge is -2.17. The molecule has 0 saturated carbocycles. The average molecular weight is 270 g/mol. The molecule has 2 rings (SSSR count). The zero-order valence-electron chi connectivity index (χ0n) is 11.1. The minimum absolute atomic E-state index is 0.116. The highest BCUT2D eigenvalue weighted by atomic mass is 16.3. The monoisotopic (exact) mass is 270 g/mol.